The highest BCUT2D eigenvalue weighted by Gasteiger charge is 2.22. The summed E-state index contributed by atoms with van der Waals surface area (Å²) in [6.07, 6.45) is 1.08. The predicted octanol–water partition coefficient (Wildman–Crippen LogP) is 2.82. The number of hydrogen-bond acceptors (Lipinski definition) is 6. The van der Waals surface area contributed by atoms with Gasteiger partial charge in [0, 0.05) is 31.6 Å². The molecule has 0 aliphatic carbocycles. The summed E-state index contributed by atoms with van der Waals surface area (Å²) in [7, 11) is 0. The van der Waals surface area contributed by atoms with Crippen LogP contribution in [0.3, 0.4) is 0 Å². The summed E-state index contributed by atoms with van der Waals surface area (Å²) < 4.78 is 17.1. The van der Waals surface area contributed by atoms with Crippen molar-refractivity contribution < 1.29 is 13.9 Å². The molecule has 2 aliphatic rings. The summed E-state index contributed by atoms with van der Waals surface area (Å²) in [6.45, 7) is 7.02. The molecule has 5 rings (SSSR count). The molecule has 1 saturated heterocycles. The monoisotopic (exact) mass is 380 g/mol. The third kappa shape index (κ3) is 3.28. The van der Waals surface area contributed by atoms with E-state index in [4.69, 9.17) is 13.9 Å². The van der Waals surface area contributed by atoms with Crippen LogP contribution in [-0.2, 0) is 11.3 Å². The Bertz CT molecular complexity index is 1060. The van der Waals surface area contributed by atoms with Crippen molar-refractivity contribution in [2.75, 3.05) is 46.1 Å². The highest BCUT2D eigenvalue weighted by atomic mass is 16.5. The van der Waals surface area contributed by atoms with Crippen LogP contribution in [0.25, 0.3) is 21.7 Å². The van der Waals surface area contributed by atoms with E-state index in [-0.39, 0.29) is 5.63 Å². The van der Waals surface area contributed by atoms with E-state index >= 15 is 0 Å². The van der Waals surface area contributed by atoms with Crippen LogP contribution in [0.5, 0.6) is 5.75 Å². The molecule has 0 spiro atoms. The zero-order chi connectivity index (χ0) is 18.9. The van der Waals surface area contributed by atoms with Crippen molar-refractivity contribution in [1.82, 2.24) is 9.80 Å². The van der Waals surface area contributed by atoms with Crippen LogP contribution >= 0.6 is 0 Å². The number of rotatable bonds is 4. The summed E-state index contributed by atoms with van der Waals surface area (Å²) >= 11 is 0. The van der Waals surface area contributed by atoms with E-state index in [1.54, 1.807) is 0 Å². The van der Waals surface area contributed by atoms with Gasteiger partial charge in [-0.3, -0.25) is 9.80 Å². The fraction of sp³-hybridized carbons (Fsp3) is 0.409. The fourth-order valence-electron chi connectivity index (χ4n) is 4.18. The molecule has 1 fully saturated rings. The van der Waals surface area contributed by atoms with Crippen molar-refractivity contribution in [3.63, 3.8) is 0 Å². The van der Waals surface area contributed by atoms with Gasteiger partial charge in [-0.05, 0) is 36.6 Å². The third-order valence-electron chi connectivity index (χ3n) is 5.69. The Morgan fingerprint density at radius 2 is 1.68 bits per heavy atom. The summed E-state index contributed by atoms with van der Waals surface area (Å²) in [5.41, 5.74) is 1.33. The second-order valence-corrected chi connectivity index (χ2v) is 7.49. The highest BCUT2D eigenvalue weighted by molar-refractivity contribution is 6.05. The van der Waals surface area contributed by atoms with E-state index in [0.29, 0.717) is 17.7 Å². The van der Waals surface area contributed by atoms with Gasteiger partial charge in [0.05, 0.1) is 24.2 Å². The molecule has 0 bridgehead atoms. The van der Waals surface area contributed by atoms with Crippen LogP contribution in [-0.4, -0.2) is 55.9 Å². The normalized spacial score (nSPS) is 18.3. The van der Waals surface area contributed by atoms with Crippen LogP contribution in [0, 0.1) is 0 Å². The zero-order valence-electron chi connectivity index (χ0n) is 15.9. The number of ether oxygens (including phenoxy) is 2. The first kappa shape index (κ1) is 17.7. The lowest BCUT2D eigenvalue weighted by molar-refractivity contribution is 0.0330. The Morgan fingerprint density at radius 1 is 0.893 bits per heavy atom. The molecule has 3 heterocycles. The molecule has 0 unspecified atom stereocenters. The number of hydrogen-bond donors (Lipinski definition) is 0. The Hall–Kier alpha value is -2.41. The van der Waals surface area contributed by atoms with Crippen molar-refractivity contribution >= 4 is 21.7 Å². The standard InChI is InChI=1S/C22H24N2O4/c25-22-18-5-2-1-4-16(18)17-6-7-20-19(21(17)28-22)14-24(15-27-20)9-3-8-23-10-12-26-13-11-23/h1-2,4-7H,3,8-15H2. The van der Waals surface area contributed by atoms with Crippen LogP contribution < -0.4 is 10.4 Å². The number of fused-ring (bicyclic) bond motifs is 5. The third-order valence-corrected chi connectivity index (χ3v) is 5.69. The van der Waals surface area contributed by atoms with Gasteiger partial charge in [0.15, 0.2) is 0 Å². The van der Waals surface area contributed by atoms with Crippen LogP contribution in [0.2, 0.25) is 0 Å². The van der Waals surface area contributed by atoms with Gasteiger partial charge in [-0.1, -0.05) is 18.2 Å². The molecule has 0 N–H and O–H groups in total. The Kier molecular flexibility index (Phi) is 4.76. The van der Waals surface area contributed by atoms with Gasteiger partial charge in [0.25, 0.3) is 0 Å². The second kappa shape index (κ2) is 7.54. The molecule has 6 heteroatoms. The smallest absolute Gasteiger partial charge is 0.344 e. The largest absolute Gasteiger partial charge is 0.478 e. The van der Waals surface area contributed by atoms with Crippen molar-refractivity contribution in [2.45, 2.75) is 13.0 Å². The lowest BCUT2D eigenvalue weighted by Crippen LogP contribution is -2.39. The number of nitrogens with zero attached hydrogens (tertiary/aromatic N) is 2. The van der Waals surface area contributed by atoms with Crippen LogP contribution in [0.4, 0.5) is 0 Å². The van der Waals surface area contributed by atoms with Gasteiger partial charge in [-0.25, -0.2) is 4.79 Å². The maximum absolute atomic E-state index is 12.5. The molecule has 0 amide bonds. The highest BCUT2D eigenvalue weighted by Crippen LogP contribution is 2.34. The molecule has 2 aliphatic heterocycles. The molecule has 146 valence electrons. The molecular formula is C22H24N2O4. The molecule has 0 radical (unpaired) electrons. The predicted molar refractivity (Wildman–Crippen MR) is 108 cm³/mol. The minimum atomic E-state index is -0.291. The maximum Gasteiger partial charge on any atom is 0.344 e. The van der Waals surface area contributed by atoms with Gasteiger partial charge < -0.3 is 13.9 Å². The summed E-state index contributed by atoms with van der Waals surface area (Å²) in [4.78, 5) is 17.2. The maximum atomic E-state index is 12.5. The first-order chi connectivity index (χ1) is 13.8. The van der Waals surface area contributed by atoms with Crippen molar-refractivity contribution in [3.05, 3.63) is 52.4 Å². The summed E-state index contributed by atoms with van der Waals surface area (Å²) in [5.74, 6) is 0.815. The van der Waals surface area contributed by atoms with Crippen molar-refractivity contribution in [3.8, 4) is 5.75 Å². The molecule has 3 aromatic rings. The number of benzene rings is 2. The van der Waals surface area contributed by atoms with Crippen LogP contribution in [0.1, 0.15) is 12.0 Å². The van der Waals surface area contributed by atoms with Crippen molar-refractivity contribution in [2.24, 2.45) is 0 Å². The zero-order valence-corrected chi connectivity index (χ0v) is 15.9. The summed E-state index contributed by atoms with van der Waals surface area (Å²) in [6, 6.07) is 11.6. The van der Waals surface area contributed by atoms with Gasteiger partial charge in [-0.15, -0.1) is 0 Å². The fourth-order valence-corrected chi connectivity index (χ4v) is 4.18. The van der Waals surface area contributed by atoms with E-state index in [1.165, 1.54) is 0 Å². The minimum absolute atomic E-state index is 0.291. The molecule has 28 heavy (non-hydrogen) atoms. The first-order valence-electron chi connectivity index (χ1n) is 9.92. The lowest BCUT2D eigenvalue weighted by Gasteiger charge is -2.31. The minimum Gasteiger partial charge on any atom is -0.478 e. The van der Waals surface area contributed by atoms with E-state index in [1.807, 2.05) is 36.4 Å². The average Bonchev–Trinajstić information content (AvgIpc) is 2.75. The molecule has 2 aromatic carbocycles. The lowest BCUT2D eigenvalue weighted by atomic mass is 10.0. The molecular weight excluding hydrogens is 356 g/mol. The van der Waals surface area contributed by atoms with E-state index in [2.05, 4.69) is 9.80 Å². The molecule has 6 nitrogen and oxygen atoms in total. The van der Waals surface area contributed by atoms with Gasteiger partial charge in [0.1, 0.15) is 18.1 Å². The molecule has 1 aromatic heterocycles. The Balaban J connectivity index is 1.39. The number of morpholine rings is 1. The topological polar surface area (TPSA) is 55.2 Å². The quantitative estimate of drug-likeness (QED) is 0.513. The Morgan fingerprint density at radius 3 is 2.54 bits per heavy atom. The molecule has 0 saturated carbocycles. The van der Waals surface area contributed by atoms with E-state index < -0.39 is 0 Å². The van der Waals surface area contributed by atoms with Gasteiger partial charge in [-0.2, -0.15) is 0 Å². The van der Waals surface area contributed by atoms with E-state index in [0.717, 1.165) is 74.4 Å². The van der Waals surface area contributed by atoms with Gasteiger partial charge in [0.2, 0.25) is 0 Å². The van der Waals surface area contributed by atoms with E-state index in [9.17, 15) is 4.79 Å². The second-order valence-electron chi connectivity index (χ2n) is 7.49. The summed E-state index contributed by atoms with van der Waals surface area (Å²) in [5, 5.41) is 2.52. The van der Waals surface area contributed by atoms with Gasteiger partial charge >= 0.3 is 5.63 Å². The SMILES string of the molecule is O=c1oc2c3c(ccc2c2ccccc12)OCN(CCCN1CCOCC1)C3. The molecule has 0 atom stereocenters. The van der Waals surface area contributed by atoms with Crippen molar-refractivity contribution in [1.29, 1.82) is 0 Å². The van der Waals surface area contributed by atoms with Crippen LogP contribution in [0.15, 0.2) is 45.6 Å². The average molecular weight is 380 g/mol. The Labute approximate surface area is 163 Å². The first-order valence-corrected chi connectivity index (χ1v) is 9.92.